The van der Waals surface area contributed by atoms with E-state index >= 15 is 0 Å². The zero-order valence-corrected chi connectivity index (χ0v) is 28.1. The average Bonchev–Trinajstić information content (AvgIpc) is 3.48. The summed E-state index contributed by atoms with van der Waals surface area (Å²) in [6.07, 6.45) is 1.73. The van der Waals surface area contributed by atoms with Gasteiger partial charge in [0, 0.05) is 42.7 Å². The van der Waals surface area contributed by atoms with Crippen molar-refractivity contribution >= 4 is 17.8 Å². The van der Waals surface area contributed by atoms with Crippen molar-refractivity contribution in [1.82, 2.24) is 14.8 Å². The lowest BCUT2D eigenvalue weighted by molar-refractivity contribution is -0.145. The molecule has 2 atom stereocenters. The van der Waals surface area contributed by atoms with Crippen molar-refractivity contribution in [2.75, 3.05) is 19.7 Å². The molecule has 11 heteroatoms. The van der Waals surface area contributed by atoms with Gasteiger partial charge in [-0.1, -0.05) is 81.4 Å². The molecule has 4 aromatic rings. The van der Waals surface area contributed by atoms with Gasteiger partial charge in [-0.25, -0.2) is 8.78 Å². The summed E-state index contributed by atoms with van der Waals surface area (Å²) in [6, 6.07) is 22.1. The fourth-order valence-corrected chi connectivity index (χ4v) is 5.74. The summed E-state index contributed by atoms with van der Waals surface area (Å²) < 4.78 is 36.4. The number of nitrogens with two attached hydrogens (primary N) is 1. The number of aliphatic hydroxyl groups is 1. The molecule has 0 saturated carbocycles. The lowest BCUT2D eigenvalue weighted by atomic mass is 9.82. The Bertz CT molecular complexity index is 1710. The van der Waals surface area contributed by atoms with Crippen molar-refractivity contribution in [2.45, 2.75) is 58.8 Å². The van der Waals surface area contributed by atoms with Gasteiger partial charge in [0.25, 0.3) is 0 Å². The zero-order chi connectivity index (χ0) is 35.6. The van der Waals surface area contributed by atoms with Crippen LogP contribution >= 0.6 is 0 Å². The van der Waals surface area contributed by atoms with Gasteiger partial charge in [-0.05, 0) is 47.2 Å². The van der Waals surface area contributed by atoms with Crippen LogP contribution in [-0.4, -0.2) is 58.1 Å². The molecule has 1 heterocycles. The molecule has 2 amide bonds. The SMILES string of the molecule is CC(C)(C)C(c1cc(-c2cc(F)ccc2F)cn1Cc1ccccc1)N(CCC(N)C(=O)NCCC(=O)OCc1ccccc1)C(=O)CO. The van der Waals surface area contributed by atoms with Gasteiger partial charge in [0.1, 0.15) is 24.8 Å². The molecule has 0 fully saturated rings. The Balaban J connectivity index is 1.53. The molecule has 0 aliphatic rings. The van der Waals surface area contributed by atoms with Crippen LogP contribution in [0.4, 0.5) is 8.78 Å². The van der Waals surface area contributed by atoms with E-state index in [0.717, 1.165) is 29.3 Å². The van der Waals surface area contributed by atoms with E-state index in [4.69, 9.17) is 10.5 Å². The summed E-state index contributed by atoms with van der Waals surface area (Å²) in [7, 11) is 0. The summed E-state index contributed by atoms with van der Waals surface area (Å²) >= 11 is 0. The normalized spacial score (nSPS) is 12.6. The molecule has 2 unspecified atom stereocenters. The monoisotopic (exact) mass is 674 g/mol. The Kier molecular flexibility index (Phi) is 12.8. The Hall–Kier alpha value is -4.87. The van der Waals surface area contributed by atoms with E-state index in [1.165, 1.54) is 4.90 Å². The van der Waals surface area contributed by atoms with E-state index < -0.39 is 53.5 Å². The molecule has 49 heavy (non-hydrogen) atoms. The molecule has 1 aromatic heterocycles. The highest BCUT2D eigenvalue weighted by molar-refractivity contribution is 5.82. The van der Waals surface area contributed by atoms with Crippen molar-refractivity contribution in [2.24, 2.45) is 11.1 Å². The minimum absolute atomic E-state index is 0.00914. The highest BCUT2D eigenvalue weighted by atomic mass is 19.1. The maximum Gasteiger partial charge on any atom is 0.307 e. The van der Waals surface area contributed by atoms with Gasteiger partial charge in [0.2, 0.25) is 11.8 Å². The number of nitrogens with zero attached hydrogens (tertiary/aromatic N) is 2. The Morgan fingerprint density at radius 1 is 0.959 bits per heavy atom. The van der Waals surface area contributed by atoms with Crippen molar-refractivity contribution in [3.05, 3.63) is 120 Å². The standard InChI is InChI=1S/C38H44F2N4O5/c1-38(2,3)36(33-20-28(30-21-29(39)14-15-31(30)40)23-43(33)22-26-10-6-4-7-11-26)44(34(46)24-45)19-17-32(41)37(48)42-18-16-35(47)49-25-27-12-8-5-9-13-27/h4-15,20-21,23,32,36,45H,16-19,22,24-25,41H2,1-3H3,(H,42,48). The first-order chi connectivity index (χ1) is 23.4. The first-order valence-electron chi connectivity index (χ1n) is 16.2. The molecule has 0 saturated heterocycles. The fourth-order valence-electron chi connectivity index (χ4n) is 5.74. The zero-order valence-electron chi connectivity index (χ0n) is 28.1. The number of hydrogen-bond donors (Lipinski definition) is 3. The van der Waals surface area contributed by atoms with Crippen molar-refractivity contribution in [3.8, 4) is 11.1 Å². The smallest absolute Gasteiger partial charge is 0.307 e. The predicted molar refractivity (Wildman–Crippen MR) is 183 cm³/mol. The molecule has 0 radical (unpaired) electrons. The number of aromatic nitrogens is 1. The maximum absolute atomic E-state index is 15.0. The third-order valence-electron chi connectivity index (χ3n) is 8.12. The summed E-state index contributed by atoms with van der Waals surface area (Å²) in [5, 5.41) is 12.7. The number of esters is 1. The van der Waals surface area contributed by atoms with Crippen LogP contribution in [0.2, 0.25) is 0 Å². The highest BCUT2D eigenvalue weighted by Crippen LogP contribution is 2.41. The van der Waals surface area contributed by atoms with Crippen LogP contribution in [0, 0.1) is 17.0 Å². The molecule has 4 N–H and O–H groups in total. The van der Waals surface area contributed by atoms with Crippen LogP contribution in [0.1, 0.15) is 56.5 Å². The lowest BCUT2D eigenvalue weighted by Crippen LogP contribution is -2.47. The van der Waals surface area contributed by atoms with Crippen LogP contribution < -0.4 is 11.1 Å². The topological polar surface area (TPSA) is 127 Å². The van der Waals surface area contributed by atoms with E-state index in [2.05, 4.69) is 5.32 Å². The molecule has 0 aliphatic carbocycles. The number of carbonyl (C=O) groups excluding carboxylic acids is 3. The summed E-state index contributed by atoms with van der Waals surface area (Å²) in [6.45, 7) is 5.54. The molecule has 0 spiro atoms. The first-order valence-corrected chi connectivity index (χ1v) is 16.2. The molecule has 0 aliphatic heterocycles. The van der Waals surface area contributed by atoms with E-state index in [9.17, 15) is 28.3 Å². The average molecular weight is 675 g/mol. The third kappa shape index (κ3) is 10.3. The van der Waals surface area contributed by atoms with E-state index in [1.54, 1.807) is 12.3 Å². The van der Waals surface area contributed by atoms with Gasteiger partial charge < -0.3 is 30.4 Å². The summed E-state index contributed by atoms with van der Waals surface area (Å²) in [4.78, 5) is 39.9. The Labute approximate surface area is 285 Å². The number of nitrogens with one attached hydrogen (secondary N) is 1. The molecule has 9 nitrogen and oxygen atoms in total. The molecule has 0 bridgehead atoms. The first kappa shape index (κ1) is 37.0. The van der Waals surface area contributed by atoms with E-state index in [1.807, 2.05) is 86.0 Å². The fraction of sp³-hybridized carbons (Fsp3) is 0.342. The van der Waals surface area contributed by atoms with Crippen molar-refractivity contribution in [3.63, 3.8) is 0 Å². The number of ether oxygens (including phenoxy) is 1. The van der Waals surface area contributed by atoms with Gasteiger partial charge in [-0.15, -0.1) is 0 Å². The van der Waals surface area contributed by atoms with Crippen LogP contribution in [0.25, 0.3) is 11.1 Å². The van der Waals surface area contributed by atoms with Gasteiger partial charge in [-0.2, -0.15) is 0 Å². The second kappa shape index (κ2) is 17.0. The number of rotatable bonds is 15. The van der Waals surface area contributed by atoms with Gasteiger partial charge in [-0.3, -0.25) is 14.4 Å². The number of carbonyl (C=O) groups is 3. The highest BCUT2D eigenvalue weighted by Gasteiger charge is 2.37. The molecular formula is C38H44F2N4O5. The Morgan fingerprint density at radius 3 is 2.24 bits per heavy atom. The number of halogens is 2. The largest absolute Gasteiger partial charge is 0.461 e. The summed E-state index contributed by atoms with van der Waals surface area (Å²) in [5.41, 5.74) is 8.53. The van der Waals surface area contributed by atoms with Gasteiger partial charge in [0.05, 0.1) is 18.5 Å². The molecule has 260 valence electrons. The van der Waals surface area contributed by atoms with Crippen LogP contribution in [0.15, 0.2) is 91.1 Å². The minimum Gasteiger partial charge on any atom is -0.461 e. The number of aliphatic hydroxyl groups excluding tert-OH is 1. The Morgan fingerprint density at radius 2 is 1.61 bits per heavy atom. The molecular weight excluding hydrogens is 630 g/mol. The number of hydrogen-bond acceptors (Lipinski definition) is 6. The van der Waals surface area contributed by atoms with Crippen molar-refractivity contribution < 1.29 is 33.0 Å². The van der Waals surface area contributed by atoms with Crippen LogP contribution in [0.5, 0.6) is 0 Å². The summed E-state index contributed by atoms with van der Waals surface area (Å²) in [5.74, 6) is -2.74. The van der Waals surface area contributed by atoms with Crippen LogP contribution in [0.3, 0.4) is 0 Å². The van der Waals surface area contributed by atoms with E-state index in [0.29, 0.717) is 17.8 Å². The quantitative estimate of drug-likeness (QED) is 0.146. The van der Waals surface area contributed by atoms with Crippen LogP contribution in [-0.2, 0) is 32.3 Å². The maximum atomic E-state index is 15.0. The second-order valence-corrected chi connectivity index (χ2v) is 13.0. The van der Waals surface area contributed by atoms with Gasteiger partial charge in [0.15, 0.2) is 0 Å². The third-order valence-corrected chi connectivity index (χ3v) is 8.12. The van der Waals surface area contributed by atoms with Crippen molar-refractivity contribution in [1.29, 1.82) is 0 Å². The predicted octanol–water partition coefficient (Wildman–Crippen LogP) is 5.36. The molecule has 4 rings (SSSR count). The number of benzene rings is 3. The lowest BCUT2D eigenvalue weighted by Gasteiger charge is -2.41. The van der Waals surface area contributed by atoms with Gasteiger partial charge >= 0.3 is 5.97 Å². The van der Waals surface area contributed by atoms with E-state index in [-0.39, 0.29) is 38.1 Å². The second-order valence-electron chi connectivity index (χ2n) is 13.0. The number of amides is 2. The molecule has 3 aromatic carbocycles. The minimum atomic E-state index is -1.02.